The molecule has 14 heteroatoms. The van der Waals surface area contributed by atoms with Gasteiger partial charge in [-0.2, -0.15) is 0 Å². The van der Waals surface area contributed by atoms with E-state index in [0.717, 1.165) is 103 Å². The first kappa shape index (κ1) is 42.8. The molecule has 5 amide bonds. The van der Waals surface area contributed by atoms with E-state index in [1.807, 2.05) is 42.6 Å². The van der Waals surface area contributed by atoms with Crippen LogP contribution < -0.4 is 26.6 Å². The van der Waals surface area contributed by atoms with Crippen LogP contribution in [-0.4, -0.2) is 69.1 Å². The topological polar surface area (TPSA) is 180 Å². The number of hydrogen-bond donors (Lipinski definition) is 4. The van der Waals surface area contributed by atoms with Crippen molar-refractivity contribution in [2.24, 2.45) is 5.73 Å². The van der Waals surface area contributed by atoms with Crippen LogP contribution >= 0.6 is 11.8 Å². The van der Waals surface area contributed by atoms with Gasteiger partial charge >= 0.3 is 0 Å². The lowest BCUT2D eigenvalue weighted by atomic mass is 9.91. The van der Waals surface area contributed by atoms with Gasteiger partial charge in [-0.1, -0.05) is 81.3 Å². The highest BCUT2D eigenvalue weighted by molar-refractivity contribution is 7.99. The van der Waals surface area contributed by atoms with Crippen LogP contribution in [0, 0.1) is 0 Å². The van der Waals surface area contributed by atoms with E-state index in [2.05, 4.69) is 37.7 Å². The predicted octanol–water partition coefficient (Wildman–Crippen LogP) is 6.64. The van der Waals surface area contributed by atoms with Gasteiger partial charge in [0.25, 0.3) is 5.91 Å². The molecule has 1 atom stereocenters. The van der Waals surface area contributed by atoms with Gasteiger partial charge in [0.05, 0.1) is 12.4 Å². The Bertz CT molecular complexity index is 1910. The Balaban J connectivity index is 0.754. The molecule has 0 saturated carbocycles. The lowest BCUT2D eigenvalue weighted by Gasteiger charge is -2.37. The van der Waals surface area contributed by atoms with E-state index in [4.69, 9.17) is 5.73 Å². The number of rotatable bonds is 20. The number of imide groups is 1. The number of anilines is 2. The second kappa shape index (κ2) is 20.7. The van der Waals surface area contributed by atoms with E-state index in [1.54, 1.807) is 12.3 Å². The number of carbonyl (C=O) groups is 5. The van der Waals surface area contributed by atoms with Crippen LogP contribution in [0.2, 0.25) is 0 Å². The zero-order valence-corrected chi connectivity index (χ0v) is 34.5. The Morgan fingerprint density at radius 3 is 2.24 bits per heavy atom. The fourth-order valence-electron chi connectivity index (χ4n) is 7.77. The van der Waals surface area contributed by atoms with Gasteiger partial charge in [0.15, 0.2) is 0 Å². The average Bonchev–Trinajstić information content (AvgIpc) is 3.52. The number of fused-ring (bicyclic) bond motifs is 1. The highest BCUT2D eigenvalue weighted by atomic mass is 32.2. The molecule has 0 bridgehead atoms. The Morgan fingerprint density at radius 1 is 0.879 bits per heavy atom. The standard InChI is InChI=1S/C44H58N8O5S/c1-44(45)21-23-51(24-22-44)37-28-48-41(29-46-37)58-34-14-12-13-33(26-34)49-39(54)16-11-9-7-5-3-2-4-6-8-10-15-38(53)47-27-31-17-18-35-32(25-31)30-52(43(35)57)36-19-20-40(55)50-42(36)56/h12-14,17-18,25-26,28-29,36H,2-11,15-16,19-24,27,30,45H2,1H3,(H,47,53)(H,49,54)(H,50,55,56). The molecular formula is C44H58N8O5S. The van der Waals surface area contributed by atoms with Crippen molar-refractivity contribution >= 4 is 52.8 Å². The number of nitrogens with two attached hydrogens (primary N) is 1. The Labute approximate surface area is 346 Å². The molecule has 1 aromatic heterocycles. The van der Waals surface area contributed by atoms with Gasteiger partial charge in [-0.3, -0.25) is 29.3 Å². The molecule has 0 aliphatic carbocycles. The smallest absolute Gasteiger partial charge is 0.255 e. The van der Waals surface area contributed by atoms with Crippen molar-refractivity contribution in [3.05, 3.63) is 71.5 Å². The van der Waals surface area contributed by atoms with Crippen LogP contribution in [0.5, 0.6) is 0 Å². The fourth-order valence-corrected chi connectivity index (χ4v) is 8.55. The molecule has 310 valence electrons. The van der Waals surface area contributed by atoms with Crippen molar-refractivity contribution in [1.82, 2.24) is 25.5 Å². The van der Waals surface area contributed by atoms with Crippen molar-refractivity contribution in [3.8, 4) is 0 Å². The van der Waals surface area contributed by atoms with Gasteiger partial charge in [0, 0.05) is 67.1 Å². The fraction of sp³-hybridized carbons (Fsp3) is 0.523. The molecule has 4 heterocycles. The first-order valence-electron chi connectivity index (χ1n) is 21.0. The molecule has 3 aromatic rings. The zero-order valence-electron chi connectivity index (χ0n) is 33.7. The van der Waals surface area contributed by atoms with Gasteiger partial charge < -0.3 is 26.2 Å². The summed E-state index contributed by atoms with van der Waals surface area (Å²) in [6.07, 6.45) is 17.8. The number of piperidine rings is 2. The van der Waals surface area contributed by atoms with Crippen molar-refractivity contribution < 1.29 is 24.0 Å². The Hall–Kier alpha value is -4.82. The highest BCUT2D eigenvalue weighted by Gasteiger charge is 2.39. The third kappa shape index (κ3) is 12.6. The molecule has 2 saturated heterocycles. The number of unbranched alkanes of at least 4 members (excludes halogenated alkanes) is 9. The third-order valence-corrected chi connectivity index (χ3v) is 12.2. The monoisotopic (exact) mass is 810 g/mol. The van der Waals surface area contributed by atoms with Gasteiger partial charge in [-0.15, -0.1) is 0 Å². The van der Waals surface area contributed by atoms with E-state index in [0.29, 0.717) is 37.9 Å². The van der Waals surface area contributed by atoms with E-state index in [9.17, 15) is 24.0 Å². The number of amides is 5. The molecule has 6 rings (SSSR count). The molecule has 0 radical (unpaired) electrons. The summed E-state index contributed by atoms with van der Waals surface area (Å²) < 4.78 is 0. The van der Waals surface area contributed by atoms with E-state index < -0.39 is 11.9 Å². The van der Waals surface area contributed by atoms with Gasteiger partial charge in [0.1, 0.15) is 16.9 Å². The quantitative estimate of drug-likeness (QED) is 0.0714. The molecule has 2 aromatic carbocycles. The number of hydrogen-bond acceptors (Lipinski definition) is 10. The number of nitrogens with one attached hydrogen (secondary N) is 3. The summed E-state index contributed by atoms with van der Waals surface area (Å²) in [5, 5.41) is 9.17. The van der Waals surface area contributed by atoms with Crippen molar-refractivity contribution in [1.29, 1.82) is 0 Å². The zero-order chi connectivity index (χ0) is 40.9. The molecule has 58 heavy (non-hydrogen) atoms. The maximum absolute atomic E-state index is 12.9. The van der Waals surface area contributed by atoms with Crippen molar-refractivity contribution in [2.45, 2.75) is 144 Å². The minimum absolute atomic E-state index is 0.0180. The summed E-state index contributed by atoms with van der Waals surface area (Å²) in [6, 6.07) is 12.7. The van der Waals surface area contributed by atoms with Crippen molar-refractivity contribution in [3.63, 3.8) is 0 Å². The lowest BCUT2D eigenvalue weighted by molar-refractivity contribution is -0.137. The summed E-state index contributed by atoms with van der Waals surface area (Å²) in [5.74, 6) is 0.00912. The summed E-state index contributed by atoms with van der Waals surface area (Å²) >= 11 is 1.53. The summed E-state index contributed by atoms with van der Waals surface area (Å²) in [5.41, 5.74) is 9.26. The lowest BCUT2D eigenvalue weighted by Crippen LogP contribution is -2.52. The SMILES string of the molecule is CC1(N)CCN(c2cnc(Sc3cccc(NC(=O)CCCCCCCCCCCCC(=O)NCc4ccc5c(c4)CN(C4CCC(=O)NC4=O)C5=O)c3)cn2)CC1. The summed E-state index contributed by atoms with van der Waals surface area (Å²) in [6.45, 7) is 4.58. The molecule has 0 spiro atoms. The first-order chi connectivity index (χ1) is 28.0. The van der Waals surface area contributed by atoms with Gasteiger partial charge in [0.2, 0.25) is 23.6 Å². The van der Waals surface area contributed by atoms with Crippen LogP contribution in [-0.2, 0) is 32.3 Å². The Kier molecular flexibility index (Phi) is 15.3. The van der Waals surface area contributed by atoms with Crippen molar-refractivity contribution in [2.75, 3.05) is 23.3 Å². The number of nitrogens with zero attached hydrogens (tertiary/aromatic N) is 4. The molecular weight excluding hydrogens is 753 g/mol. The van der Waals surface area contributed by atoms with Crippen LogP contribution in [0.25, 0.3) is 0 Å². The van der Waals surface area contributed by atoms with Gasteiger partial charge in [-0.05, 0) is 74.4 Å². The molecule has 3 aliphatic heterocycles. The molecule has 2 fully saturated rings. The summed E-state index contributed by atoms with van der Waals surface area (Å²) in [7, 11) is 0. The van der Waals surface area contributed by atoms with Crippen LogP contribution in [0.3, 0.4) is 0 Å². The largest absolute Gasteiger partial charge is 0.355 e. The molecule has 3 aliphatic rings. The Morgan fingerprint density at radius 2 is 1.57 bits per heavy atom. The van der Waals surface area contributed by atoms with Gasteiger partial charge in [-0.25, -0.2) is 9.97 Å². The van der Waals surface area contributed by atoms with Crippen LogP contribution in [0.15, 0.2) is 64.8 Å². The highest BCUT2D eigenvalue weighted by Crippen LogP contribution is 2.30. The van der Waals surface area contributed by atoms with E-state index >= 15 is 0 Å². The number of benzene rings is 2. The minimum atomic E-state index is -0.638. The van der Waals surface area contributed by atoms with Crippen LogP contribution in [0.1, 0.15) is 131 Å². The second-order valence-electron chi connectivity index (χ2n) is 16.2. The molecule has 5 N–H and O–H groups in total. The first-order valence-corrected chi connectivity index (χ1v) is 21.8. The maximum Gasteiger partial charge on any atom is 0.255 e. The van der Waals surface area contributed by atoms with E-state index in [1.165, 1.54) is 35.9 Å². The molecule has 13 nitrogen and oxygen atoms in total. The molecule has 1 unspecified atom stereocenters. The predicted molar refractivity (Wildman–Crippen MR) is 225 cm³/mol. The number of carbonyl (C=O) groups excluding carboxylic acids is 5. The average molecular weight is 811 g/mol. The minimum Gasteiger partial charge on any atom is -0.355 e. The second-order valence-corrected chi connectivity index (χ2v) is 17.3. The third-order valence-electron chi connectivity index (χ3n) is 11.3. The number of aromatic nitrogens is 2. The maximum atomic E-state index is 12.9. The summed E-state index contributed by atoms with van der Waals surface area (Å²) in [4.78, 5) is 75.8. The van der Waals surface area contributed by atoms with E-state index in [-0.39, 0.29) is 35.6 Å². The normalized spacial score (nSPS) is 17.6. The van der Waals surface area contributed by atoms with Crippen LogP contribution in [0.4, 0.5) is 11.5 Å².